The van der Waals surface area contributed by atoms with Crippen LogP contribution in [0.3, 0.4) is 0 Å². The summed E-state index contributed by atoms with van der Waals surface area (Å²) >= 11 is 0. The zero-order valence-electron chi connectivity index (χ0n) is 13.2. The number of hydrogen-bond acceptors (Lipinski definition) is 4. The van der Waals surface area contributed by atoms with E-state index in [1.54, 1.807) is 19.1 Å². The van der Waals surface area contributed by atoms with Gasteiger partial charge in [-0.15, -0.1) is 0 Å². The van der Waals surface area contributed by atoms with Crippen molar-refractivity contribution in [2.45, 2.75) is 24.5 Å². The third kappa shape index (κ3) is 5.03. The molecule has 0 bridgehead atoms. The zero-order chi connectivity index (χ0) is 17.5. The van der Waals surface area contributed by atoms with E-state index in [0.717, 1.165) is 5.56 Å². The number of rotatable bonds is 7. The quantitative estimate of drug-likeness (QED) is 0.780. The maximum Gasteiger partial charge on any atom is 0.335 e. The molecule has 0 fully saturated rings. The van der Waals surface area contributed by atoms with E-state index in [9.17, 15) is 13.8 Å². The number of hydrogen-bond donors (Lipinski definition) is 1. The van der Waals surface area contributed by atoms with Gasteiger partial charge < -0.3 is 9.84 Å². The van der Waals surface area contributed by atoms with Gasteiger partial charge in [0.15, 0.2) is 0 Å². The molecule has 126 valence electrons. The number of ether oxygens (including phenoxy) is 1. The van der Waals surface area contributed by atoms with Gasteiger partial charge in [-0.3, -0.25) is 9.00 Å². The van der Waals surface area contributed by atoms with Gasteiger partial charge in [0, 0.05) is 16.6 Å². The Bertz CT molecular complexity index is 742. The molecule has 6 heteroatoms. The lowest BCUT2D eigenvalue weighted by Gasteiger charge is -2.12. The van der Waals surface area contributed by atoms with Gasteiger partial charge in [0.05, 0.1) is 5.56 Å². The molecule has 0 saturated carbocycles. The van der Waals surface area contributed by atoms with Gasteiger partial charge in [0.1, 0.15) is 11.9 Å². The summed E-state index contributed by atoms with van der Waals surface area (Å²) in [6.07, 6.45) is 0. The van der Waals surface area contributed by atoms with Gasteiger partial charge in [-0.1, -0.05) is 42.5 Å². The molecule has 0 aliphatic carbocycles. The molecule has 2 unspecified atom stereocenters. The Kier molecular flexibility index (Phi) is 6.26. The van der Waals surface area contributed by atoms with Crippen LogP contribution in [-0.2, 0) is 32.7 Å². The molecule has 0 spiro atoms. The number of aromatic carboxylic acids is 1. The van der Waals surface area contributed by atoms with E-state index in [4.69, 9.17) is 9.84 Å². The Labute approximate surface area is 142 Å². The second-order valence-corrected chi connectivity index (χ2v) is 7.02. The molecule has 2 rings (SSSR count). The summed E-state index contributed by atoms with van der Waals surface area (Å²) in [7, 11) is -1.49. The van der Waals surface area contributed by atoms with E-state index < -0.39 is 28.0 Å². The highest BCUT2D eigenvalue weighted by atomic mass is 32.2. The van der Waals surface area contributed by atoms with Gasteiger partial charge in [0.2, 0.25) is 0 Å². The largest absolute Gasteiger partial charge is 0.478 e. The topological polar surface area (TPSA) is 80.7 Å². The first-order valence-corrected chi connectivity index (χ1v) is 8.75. The molecule has 24 heavy (non-hydrogen) atoms. The SMILES string of the molecule is CC(C(=O)OCc1ccccc1)S(=O)Cc1cccc(C(=O)O)c1. The first-order valence-electron chi connectivity index (χ1n) is 7.37. The van der Waals surface area contributed by atoms with Gasteiger partial charge >= 0.3 is 11.9 Å². The van der Waals surface area contributed by atoms with Crippen molar-refractivity contribution in [1.29, 1.82) is 0 Å². The third-order valence-corrected chi connectivity index (χ3v) is 5.03. The third-order valence-electron chi connectivity index (χ3n) is 3.43. The Morgan fingerprint density at radius 1 is 1.08 bits per heavy atom. The smallest absolute Gasteiger partial charge is 0.335 e. The summed E-state index contributed by atoms with van der Waals surface area (Å²) in [6.45, 7) is 1.68. The summed E-state index contributed by atoms with van der Waals surface area (Å²) in [6, 6.07) is 15.4. The van der Waals surface area contributed by atoms with Crippen molar-refractivity contribution in [2.24, 2.45) is 0 Å². The van der Waals surface area contributed by atoms with Gasteiger partial charge in [-0.2, -0.15) is 0 Å². The second kappa shape index (κ2) is 8.40. The average Bonchev–Trinajstić information content (AvgIpc) is 2.60. The van der Waals surface area contributed by atoms with Gasteiger partial charge in [-0.25, -0.2) is 4.79 Å². The highest BCUT2D eigenvalue weighted by Gasteiger charge is 2.22. The van der Waals surface area contributed by atoms with Crippen LogP contribution in [0.4, 0.5) is 0 Å². The maximum atomic E-state index is 12.3. The van der Waals surface area contributed by atoms with Crippen molar-refractivity contribution >= 4 is 22.7 Å². The molecule has 0 radical (unpaired) electrons. The van der Waals surface area contributed by atoms with Gasteiger partial charge in [0.25, 0.3) is 0 Å². The number of carbonyl (C=O) groups is 2. The van der Waals surface area contributed by atoms with Crippen molar-refractivity contribution in [3.8, 4) is 0 Å². The van der Waals surface area contributed by atoms with E-state index >= 15 is 0 Å². The molecule has 2 aromatic carbocycles. The molecule has 0 aliphatic rings. The van der Waals surface area contributed by atoms with Crippen molar-refractivity contribution in [3.05, 3.63) is 71.3 Å². The van der Waals surface area contributed by atoms with Crippen LogP contribution in [0, 0.1) is 0 Å². The summed E-state index contributed by atoms with van der Waals surface area (Å²) in [5.41, 5.74) is 1.60. The van der Waals surface area contributed by atoms with Crippen LogP contribution in [0.2, 0.25) is 0 Å². The minimum Gasteiger partial charge on any atom is -0.478 e. The molecule has 0 amide bonds. The van der Waals surface area contributed by atoms with Crippen molar-refractivity contribution in [3.63, 3.8) is 0 Å². The fourth-order valence-corrected chi connectivity index (χ4v) is 3.08. The fourth-order valence-electron chi connectivity index (χ4n) is 2.04. The van der Waals surface area contributed by atoms with Gasteiger partial charge in [-0.05, 0) is 30.2 Å². The Morgan fingerprint density at radius 3 is 2.42 bits per heavy atom. The van der Waals surface area contributed by atoms with Crippen molar-refractivity contribution in [2.75, 3.05) is 0 Å². The molecule has 2 aromatic rings. The van der Waals surface area contributed by atoms with E-state index in [1.165, 1.54) is 12.1 Å². The van der Waals surface area contributed by atoms with Crippen LogP contribution in [0.5, 0.6) is 0 Å². The molecule has 0 heterocycles. The Hall–Kier alpha value is -2.47. The van der Waals surface area contributed by atoms with Crippen LogP contribution in [0.25, 0.3) is 0 Å². The number of carbonyl (C=O) groups excluding carboxylic acids is 1. The van der Waals surface area contributed by atoms with E-state index in [0.29, 0.717) is 5.56 Å². The van der Waals surface area contributed by atoms with Crippen LogP contribution >= 0.6 is 0 Å². The highest BCUT2D eigenvalue weighted by Crippen LogP contribution is 2.12. The summed E-state index contributed by atoms with van der Waals surface area (Å²) in [5, 5.41) is 8.18. The van der Waals surface area contributed by atoms with Crippen molar-refractivity contribution in [1.82, 2.24) is 0 Å². The molecule has 0 saturated heterocycles. The molecular weight excluding hydrogens is 328 g/mol. The van der Waals surface area contributed by atoms with Crippen LogP contribution in [0.15, 0.2) is 54.6 Å². The fraction of sp³-hybridized carbons (Fsp3) is 0.222. The van der Waals surface area contributed by atoms with Crippen molar-refractivity contribution < 1.29 is 23.6 Å². The normalized spacial score (nSPS) is 13.0. The van der Waals surface area contributed by atoms with E-state index in [-0.39, 0.29) is 17.9 Å². The predicted molar refractivity (Wildman–Crippen MR) is 90.9 cm³/mol. The van der Waals surface area contributed by atoms with E-state index in [1.807, 2.05) is 30.3 Å². The average molecular weight is 346 g/mol. The molecule has 0 aromatic heterocycles. The molecular formula is C18H18O5S. The standard InChI is InChI=1S/C18H18O5S/c1-13(18(21)23-11-14-6-3-2-4-7-14)24(22)12-15-8-5-9-16(10-15)17(19)20/h2-10,13H,11-12H2,1H3,(H,19,20). The minimum atomic E-state index is -1.49. The monoisotopic (exact) mass is 346 g/mol. The summed E-state index contributed by atoms with van der Waals surface area (Å²) < 4.78 is 17.5. The number of carboxylic acid groups (broad SMARTS) is 1. The van der Waals surface area contributed by atoms with Crippen LogP contribution < -0.4 is 0 Å². The lowest BCUT2D eigenvalue weighted by Crippen LogP contribution is -2.25. The Balaban J connectivity index is 1.92. The highest BCUT2D eigenvalue weighted by molar-refractivity contribution is 7.85. The number of carboxylic acids is 1. The lowest BCUT2D eigenvalue weighted by molar-refractivity contribution is -0.144. The predicted octanol–water partition coefficient (Wildman–Crippen LogP) is 2.77. The molecule has 0 aliphatic heterocycles. The van der Waals surface area contributed by atoms with E-state index in [2.05, 4.69) is 0 Å². The minimum absolute atomic E-state index is 0.0999. The van der Waals surface area contributed by atoms with Crippen LogP contribution in [0.1, 0.15) is 28.4 Å². The molecule has 2 atom stereocenters. The zero-order valence-corrected chi connectivity index (χ0v) is 14.0. The number of esters is 1. The molecule has 5 nitrogen and oxygen atoms in total. The summed E-state index contributed by atoms with van der Waals surface area (Å²) in [5.74, 6) is -1.48. The van der Waals surface area contributed by atoms with Crippen LogP contribution in [-0.4, -0.2) is 26.5 Å². The maximum absolute atomic E-state index is 12.3. The first-order chi connectivity index (χ1) is 11.5. The molecule has 1 N–H and O–H groups in total. The first kappa shape index (κ1) is 17.9. The summed E-state index contributed by atoms with van der Waals surface area (Å²) in [4.78, 5) is 23.0. The second-order valence-electron chi connectivity index (χ2n) is 5.27. The number of benzene rings is 2. The Morgan fingerprint density at radius 2 is 1.75 bits per heavy atom. The lowest BCUT2D eigenvalue weighted by atomic mass is 10.1.